The fraction of sp³-hybridized carbons (Fsp3) is 0.208. The smallest absolute Gasteiger partial charge is 0.274 e. The minimum absolute atomic E-state index is 0.195. The minimum Gasteiger partial charge on any atom is -0.339 e. The number of aryl methyl sites for hydroxylation is 2. The Morgan fingerprint density at radius 1 is 1.20 bits per heavy atom. The van der Waals surface area contributed by atoms with Gasteiger partial charge in [-0.2, -0.15) is 10.1 Å². The van der Waals surface area contributed by atoms with Gasteiger partial charge in [0, 0.05) is 43.8 Å². The molecule has 10 nitrogen and oxygen atoms in total. The molecule has 1 saturated heterocycles. The summed E-state index contributed by atoms with van der Waals surface area (Å²) in [6, 6.07) is 11.3. The molecule has 5 aromatic rings. The molecule has 0 spiro atoms. The molecule has 11 heteroatoms. The number of anilines is 1. The molecule has 1 fully saturated rings. The summed E-state index contributed by atoms with van der Waals surface area (Å²) in [5, 5.41) is 11.4. The van der Waals surface area contributed by atoms with Crippen molar-refractivity contribution >= 4 is 29.2 Å². The summed E-state index contributed by atoms with van der Waals surface area (Å²) in [5.74, 6) is 1.09. The second-order valence-corrected chi connectivity index (χ2v) is 9.67. The SMILES string of the molecule is Cc1ccc(-c2noc(C3CN(Sc4cnn(C)c4)C3)n2)cc1NC(=O)c1cnc2ccccn12. The molecular formula is C24H22N8O2S. The Morgan fingerprint density at radius 2 is 2.09 bits per heavy atom. The molecular weight excluding hydrogens is 464 g/mol. The molecule has 176 valence electrons. The van der Waals surface area contributed by atoms with Gasteiger partial charge in [-0.3, -0.25) is 13.9 Å². The lowest BCUT2D eigenvalue weighted by Gasteiger charge is -2.35. The monoisotopic (exact) mass is 486 g/mol. The molecule has 4 aromatic heterocycles. The molecule has 5 heterocycles. The molecule has 0 unspecified atom stereocenters. The molecule has 0 radical (unpaired) electrons. The summed E-state index contributed by atoms with van der Waals surface area (Å²) in [5.41, 5.74) is 3.58. The van der Waals surface area contributed by atoms with Crippen LogP contribution in [0.4, 0.5) is 5.69 Å². The van der Waals surface area contributed by atoms with Crippen LogP contribution >= 0.6 is 11.9 Å². The first-order valence-corrected chi connectivity index (χ1v) is 11.9. The third-order valence-corrected chi connectivity index (χ3v) is 6.93. The van der Waals surface area contributed by atoms with E-state index < -0.39 is 0 Å². The van der Waals surface area contributed by atoms with Crippen molar-refractivity contribution in [2.45, 2.75) is 17.7 Å². The molecule has 0 bridgehead atoms. The topological polar surface area (TPSA) is 106 Å². The standard InChI is InChI=1S/C24H22N8O2S/c1-15-6-7-16(9-19(15)27-23(33)20-11-25-21-5-3-4-8-32(20)21)22-28-24(34-29-22)17-12-31(13-17)35-18-10-26-30(2)14-18/h3-11,14,17H,12-13H2,1-2H3,(H,27,33). The van der Waals surface area contributed by atoms with Crippen LogP contribution in [-0.2, 0) is 7.05 Å². The first-order valence-electron chi connectivity index (χ1n) is 11.1. The van der Waals surface area contributed by atoms with Gasteiger partial charge in [-0.15, -0.1) is 0 Å². The number of hydrogen-bond donors (Lipinski definition) is 1. The highest BCUT2D eigenvalue weighted by atomic mass is 32.2. The van der Waals surface area contributed by atoms with Crippen LogP contribution in [0.2, 0.25) is 0 Å². The number of carbonyl (C=O) groups excluding carboxylic acids is 1. The lowest BCUT2D eigenvalue weighted by atomic mass is 10.0. The number of amides is 1. The van der Waals surface area contributed by atoms with Crippen LogP contribution in [0.15, 0.2) is 70.6 Å². The summed E-state index contributed by atoms with van der Waals surface area (Å²) in [4.78, 5) is 23.0. The highest BCUT2D eigenvalue weighted by Gasteiger charge is 2.33. The molecule has 1 N–H and O–H groups in total. The molecule has 0 atom stereocenters. The van der Waals surface area contributed by atoms with Crippen molar-refractivity contribution in [1.29, 1.82) is 0 Å². The van der Waals surface area contributed by atoms with Gasteiger partial charge in [-0.1, -0.05) is 23.4 Å². The second-order valence-electron chi connectivity index (χ2n) is 8.50. The maximum absolute atomic E-state index is 13.0. The summed E-state index contributed by atoms with van der Waals surface area (Å²) in [7, 11) is 1.91. The van der Waals surface area contributed by atoms with Crippen molar-refractivity contribution in [2.24, 2.45) is 7.05 Å². The first kappa shape index (κ1) is 21.6. The van der Waals surface area contributed by atoms with Gasteiger partial charge in [-0.05, 0) is 42.6 Å². The van der Waals surface area contributed by atoms with Crippen molar-refractivity contribution in [1.82, 2.24) is 33.6 Å². The van der Waals surface area contributed by atoms with Crippen molar-refractivity contribution in [3.63, 3.8) is 0 Å². The fourth-order valence-corrected chi connectivity index (χ4v) is 5.07. The summed E-state index contributed by atoms with van der Waals surface area (Å²) in [6.45, 7) is 3.60. The molecule has 1 aliphatic rings. The molecule has 1 aliphatic heterocycles. The van der Waals surface area contributed by atoms with E-state index in [1.54, 1.807) is 27.2 Å². The second kappa shape index (κ2) is 8.67. The van der Waals surface area contributed by atoms with E-state index >= 15 is 0 Å². The van der Waals surface area contributed by atoms with E-state index in [1.807, 2.05) is 69.0 Å². The largest absolute Gasteiger partial charge is 0.339 e. The Balaban J connectivity index is 1.15. The predicted molar refractivity (Wildman–Crippen MR) is 131 cm³/mol. The van der Waals surface area contributed by atoms with Crippen LogP contribution in [-0.4, -0.2) is 52.6 Å². The Labute approximate surface area is 205 Å². The number of imidazole rings is 1. The lowest BCUT2D eigenvalue weighted by Crippen LogP contribution is -2.40. The predicted octanol–water partition coefficient (Wildman–Crippen LogP) is 3.79. The quantitative estimate of drug-likeness (QED) is 0.362. The maximum atomic E-state index is 13.0. The van der Waals surface area contributed by atoms with Gasteiger partial charge in [0.25, 0.3) is 5.91 Å². The van der Waals surface area contributed by atoms with E-state index in [0.717, 1.165) is 34.8 Å². The fourth-order valence-electron chi connectivity index (χ4n) is 3.96. The van der Waals surface area contributed by atoms with E-state index in [2.05, 4.69) is 29.8 Å². The van der Waals surface area contributed by atoms with E-state index in [9.17, 15) is 4.79 Å². The van der Waals surface area contributed by atoms with Gasteiger partial charge in [0.15, 0.2) is 0 Å². The molecule has 6 rings (SSSR count). The van der Waals surface area contributed by atoms with E-state index in [1.165, 1.54) is 0 Å². The lowest BCUT2D eigenvalue weighted by molar-refractivity contribution is 0.102. The third-order valence-electron chi connectivity index (χ3n) is 5.95. The number of benzene rings is 1. The van der Waals surface area contributed by atoms with Gasteiger partial charge in [-0.25, -0.2) is 9.29 Å². The zero-order chi connectivity index (χ0) is 23.9. The van der Waals surface area contributed by atoms with Gasteiger partial charge in [0.1, 0.15) is 11.3 Å². The van der Waals surface area contributed by atoms with Crippen molar-refractivity contribution < 1.29 is 9.32 Å². The summed E-state index contributed by atoms with van der Waals surface area (Å²) in [6.07, 6.45) is 7.24. The van der Waals surface area contributed by atoms with Gasteiger partial charge < -0.3 is 9.84 Å². The van der Waals surface area contributed by atoms with E-state index in [4.69, 9.17) is 4.52 Å². The van der Waals surface area contributed by atoms with Crippen LogP contribution in [0.3, 0.4) is 0 Å². The summed E-state index contributed by atoms with van der Waals surface area (Å²) < 4.78 is 11.4. The van der Waals surface area contributed by atoms with E-state index in [0.29, 0.717) is 23.1 Å². The maximum Gasteiger partial charge on any atom is 0.274 e. The highest BCUT2D eigenvalue weighted by molar-refractivity contribution is 7.97. The number of fused-ring (bicyclic) bond motifs is 1. The molecule has 0 saturated carbocycles. The van der Waals surface area contributed by atoms with Crippen molar-refractivity contribution in [2.75, 3.05) is 18.4 Å². The number of hydrogen-bond acceptors (Lipinski definition) is 8. The van der Waals surface area contributed by atoms with Gasteiger partial charge in [0.05, 0.1) is 23.2 Å². The van der Waals surface area contributed by atoms with E-state index in [-0.39, 0.29) is 11.8 Å². The summed E-state index contributed by atoms with van der Waals surface area (Å²) >= 11 is 1.68. The number of rotatable bonds is 6. The Morgan fingerprint density at radius 3 is 2.91 bits per heavy atom. The number of carbonyl (C=O) groups is 1. The third kappa shape index (κ3) is 4.19. The molecule has 35 heavy (non-hydrogen) atoms. The normalized spacial score (nSPS) is 14.3. The number of aromatic nitrogens is 6. The average Bonchev–Trinajstić information content (AvgIpc) is 3.57. The Kier molecular flexibility index (Phi) is 5.34. The molecule has 0 aliphatic carbocycles. The number of pyridine rings is 1. The minimum atomic E-state index is -0.238. The zero-order valence-electron chi connectivity index (χ0n) is 19.1. The number of nitrogens with one attached hydrogen (secondary N) is 1. The van der Waals surface area contributed by atoms with Crippen molar-refractivity contribution in [3.05, 3.63) is 78.3 Å². The first-order chi connectivity index (χ1) is 17.0. The average molecular weight is 487 g/mol. The van der Waals surface area contributed by atoms with Crippen LogP contribution in [0.25, 0.3) is 17.0 Å². The van der Waals surface area contributed by atoms with Crippen LogP contribution < -0.4 is 5.32 Å². The van der Waals surface area contributed by atoms with Crippen LogP contribution in [0.5, 0.6) is 0 Å². The molecule has 1 aromatic carbocycles. The van der Waals surface area contributed by atoms with Crippen LogP contribution in [0, 0.1) is 6.92 Å². The zero-order valence-corrected chi connectivity index (χ0v) is 19.9. The van der Waals surface area contributed by atoms with Gasteiger partial charge >= 0.3 is 0 Å². The van der Waals surface area contributed by atoms with Crippen LogP contribution in [0.1, 0.15) is 27.9 Å². The number of nitrogens with zero attached hydrogens (tertiary/aromatic N) is 7. The molecule has 1 amide bonds. The van der Waals surface area contributed by atoms with Gasteiger partial charge in [0.2, 0.25) is 11.7 Å². The highest BCUT2D eigenvalue weighted by Crippen LogP contribution is 2.35. The van der Waals surface area contributed by atoms with Crippen molar-refractivity contribution in [3.8, 4) is 11.4 Å². The Bertz CT molecular complexity index is 1530. The Hall–Kier alpha value is -3.96.